The first-order valence-corrected chi connectivity index (χ1v) is 14.0. The van der Waals surface area contributed by atoms with Gasteiger partial charge in [0.25, 0.3) is 0 Å². The smallest absolute Gasteiger partial charge is 0.407 e. The van der Waals surface area contributed by atoms with Crippen molar-refractivity contribution in [2.45, 2.75) is 45.6 Å². The Hall–Kier alpha value is -4.25. The normalized spacial score (nSPS) is 11.8. The van der Waals surface area contributed by atoms with Crippen LogP contribution in [0.3, 0.4) is 0 Å². The molecule has 1 amide bonds. The van der Waals surface area contributed by atoms with Crippen LogP contribution in [-0.4, -0.2) is 46.6 Å². The summed E-state index contributed by atoms with van der Waals surface area (Å²) < 4.78 is 38.2. The molecular weight excluding hydrogens is 520 g/mol. The highest BCUT2D eigenvalue weighted by Gasteiger charge is 2.24. The molecule has 11 heteroatoms. The Morgan fingerprint density at radius 1 is 0.974 bits per heavy atom. The second-order valence-electron chi connectivity index (χ2n) is 9.76. The zero-order valence-electron chi connectivity index (χ0n) is 22.2. The van der Waals surface area contributed by atoms with Gasteiger partial charge in [-0.25, -0.2) is 31.9 Å². The number of esters is 1. The van der Waals surface area contributed by atoms with Crippen LogP contribution in [0.2, 0.25) is 0 Å². The number of nitrogens with zero attached hydrogens (tertiary/aromatic N) is 3. The minimum Gasteiger partial charge on any atom is -0.460 e. The summed E-state index contributed by atoms with van der Waals surface area (Å²) in [5, 5.41) is 3.16. The standard InChI is InChI=1S/C28H30N4O6S/c1-5-37-26(33)24-30-23(21-13-9-12-20(16-21)17-29-27(34)38-28(2,3)4)22-14-15-32(25(22)31-24)39(35,36)18-19-10-7-6-8-11-19/h6-16H,5,17-18H2,1-4H3,(H,29,34). The first-order chi connectivity index (χ1) is 18.5. The molecule has 0 bridgehead atoms. The van der Waals surface area contributed by atoms with Crippen LogP contribution in [0.15, 0.2) is 66.9 Å². The number of hydrogen-bond donors (Lipinski definition) is 1. The van der Waals surface area contributed by atoms with E-state index in [0.717, 1.165) is 9.54 Å². The Morgan fingerprint density at radius 2 is 1.69 bits per heavy atom. The van der Waals surface area contributed by atoms with Crippen LogP contribution in [0.4, 0.5) is 4.79 Å². The lowest BCUT2D eigenvalue weighted by Gasteiger charge is -2.19. The molecule has 204 valence electrons. The van der Waals surface area contributed by atoms with Crippen LogP contribution in [0.5, 0.6) is 0 Å². The van der Waals surface area contributed by atoms with E-state index in [1.54, 1.807) is 76.2 Å². The Kier molecular flexibility index (Phi) is 8.01. The molecule has 2 aromatic carbocycles. The SMILES string of the molecule is CCOC(=O)c1nc(-c2cccc(CNC(=O)OC(C)(C)C)c2)c2ccn(S(=O)(=O)Cc3ccccc3)c2n1. The van der Waals surface area contributed by atoms with Crippen LogP contribution in [-0.2, 0) is 31.8 Å². The number of nitrogens with one attached hydrogen (secondary N) is 1. The molecule has 0 aliphatic carbocycles. The van der Waals surface area contributed by atoms with Crippen molar-refractivity contribution >= 4 is 33.1 Å². The van der Waals surface area contributed by atoms with Crippen LogP contribution in [0.25, 0.3) is 22.3 Å². The van der Waals surface area contributed by atoms with Crippen molar-refractivity contribution in [1.82, 2.24) is 19.3 Å². The average Bonchev–Trinajstić information content (AvgIpc) is 3.32. The molecule has 4 rings (SSSR count). The molecule has 0 fully saturated rings. The van der Waals surface area contributed by atoms with Crippen molar-refractivity contribution in [1.29, 1.82) is 0 Å². The molecule has 2 aromatic heterocycles. The fourth-order valence-electron chi connectivity index (χ4n) is 3.89. The summed E-state index contributed by atoms with van der Waals surface area (Å²) in [6.07, 6.45) is 0.854. The lowest BCUT2D eigenvalue weighted by Crippen LogP contribution is -2.32. The fraction of sp³-hybridized carbons (Fsp3) is 0.286. The van der Waals surface area contributed by atoms with Crippen molar-refractivity contribution < 1.29 is 27.5 Å². The molecule has 0 radical (unpaired) electrons. The van der Waals surface area contributed by atoms with Crippen molar-refractivity contribution in [3.8, 4) is 11.3 Å². The molecule has 2 heterocycles. The molecule has 0 saturated carbocycles. The highest BCUT2D eigenvalue weighted by molar-refractivity contribution is 7.89. The highest BCUT2D eigenvalue weighted by Crippen LogP contribution is 2.29. The number of ether oxygens (including phenoxy) is 2. The van der Waals surface area contributed by atoms with E-state index in [2.05, 4.69) is 15.3 Å². The maximum atomic E-state index is 13.4. The molecule has 0 atom stereocenters. The molecule has 0 spiro atoms. The van der Waals surface area contributed by atoms with Gasteiger partial charge in [-0.2, -0.15) is 0 Å². The Balaban J connectivity index is 1.75. The van der Waals surface area contributed by atoms with E-state index in [0.29, 0.717) is 22.2 Å². The summed E-state index contributed by atoms with van der Waals surface area (Å²) in [6, 6.07) is 17.6. The van der Waals surface area contributed by atoms with E-state index < -0.39 is 27.7 Å². The van der Waals surface area contributed by atoms with Gasteiger partial charge in [0.05, 0.1) is 18.1 Å². The third-order valence-corrected chi connectivity index (χ3v) is 7.09. The molecule has 39 heavy (non-hydrogen) atoms. The molecule has 1 N–H and O–H groups in total. The van der Waals surface area contributed by atoms with E-state index in [9.17, 15) is 18.0 Å². The monoisotopic (exact) mass is 550 g/mol. The second-order valence-corrected chi connectivity index (χ2v) is 11.6. The fourth-order valence-corrected chi connectivity index (χ4v) is 5.30. The van der Waals surface area contributed by atoms with E-state index in [-0.39, 0.29) is 30.4 Å². The van der Waals surface area contributed by atoms with E-state index in [1.807, 2.05) is 12.1 Å². The third-order valence-electron chi connectivity index (χ3n) is 5.50. The predicted molar refractivity (Wildman–Crippen MR) is 146 cm³/mol. The zero-order valence-corrected chi connectivity index (χ0v) is 23.0. The van der Waals surface area contributed by atoms with Crippen molar-refractivity contribution in [3.05, 3.63) is 83.8 Å². The number of amides is 1. The molecule has 4 aromatic rings. The number of aromatic nitrogens is 3. The van der Waals surface area contributed by atoms with Gasteiger partial charge in [0.15, 0.2) is 5.65 Å². The van der Waals surface area contributed by atoms with Gasteiger partial charge in [-0.05, 0) is 51.0 Å². The van der Waals surface area contributed by atoms with Crippen LogP contribution in [0.1, 0.15) is 49.4 Å². The molecule has 0 aliphatic rings. The van der Waals surface area contributed by atoms with E-state index in [1.165, 1.54) is 6.20 Å². The molecule has 0 saturated heterocycles. The number of rotatable bonds is 8. The Bertz CT molecular complexity index is 1610. The van der Waals surface area contributed by atoms with Gasteiger partial charge in [-0.3, -0.25) is 0 Å². The number of carbonyl (C=O) groups is 2. The van der Waals surface area contributed by atoms with Crippen LogP contribution < -0.4 is 5.32 Å². The van der Waals surface area contributed by atoms with Gasteiger partial charge in [-0.1, -0.05) is 48.5 Å². The van der Waals surface area contributed by atoms with Gasteiger partial charge in [0, 0.05) is 23.7 Å². The number of carbonyl (C=O) groups excluding carboxylic acids is 2. The average molecular weight is 551 g/mol. The summed E-state index contributed by atoms with van der Waals surface area (Å²) in [7, 11) is -3.88. The summed E-state index contributed by atoms with van der Waals surface area (Å²) in [5.74, 6) is -1.28. The van der Waals surface area contributed by atoms with E-state index >= 15 is 0 Å². The first kappa shape index (κ1) is 27.8. The van der Waals surface area contributed by atoms with Gasteiger partial charge in [0.1, 0.15) is 5.60 Å². The number of benzene rings is 2. The third kappa shape index (κ3) is 6.80. The van der Waals surface area contributed by atoms with Crippen molar-refractivity contribution in [2.75, 3.05) is 6.61 Å². The zero-order chi connectivity index (χ0) is 28.2. The van der Waals surface area contributed by atoms with Crippen LogP contribution in [0, 0.1) is 0 Å². The highest BCUT2D eigenvalue weighted by atomic mass is 32.2. The summed E-state index contributed by atoms with van der Waals surface area (Å²) in [6.45, 7) is 7.29. The second kappa shape index (κ2) is 11.2. The quantitative estimate of drug-likeness (QED) is 0.313. The van der Waals surface area contributed by atoms with Gasteiger partial charge >= 0.3 is 12.1 Å². The van der Waals surface area contributed by atoms with Gasteiger partial charge in [0.2, 0.25) is 15.8 Å². The lowest BCUT2D eigenvalue weighted by atomic mass is 10.1. The molecule has 0 unspecified atom stereocenters. The maximum absolute atomic E-state index is 13.4. The minimum absolute atomic E-state index is 0.0660. The molecule has 10 nitrogen and oxygen atoms in total. The number of fused-ring (bicyclic) bond motifs is 1. The van der Waals surface area contributed by atoms with Crippen molar-refractivity contribution in [2.24, 2.45) is 0 Å². The van der Waals surface area contributed by atoms with Crippen LogP contribution >= 0.6 is 0 Å². The molecular formula is C28H30N4O6S. The van der Waals surface area contributed by atoms with Gasteiger partial charge in [-0.15, -0.1) is 0 Å². The number of alkyl carbamates (subject to hydrolysis) is 1. The first-order valence-electron chi connectivity index (χ1n) is 12.4. The predicted octanol–water partition coefficient (Wildman–Crippen LogP) is 4.68. The summed E-state index contributed by atoms with van der Waals surface area (Å²) >= 11 is 0. The largest absolute Gasteiger partial charge is 0.460 e. The maximum Gasteiger partial charge on any atom is 0.407 e. The van der Waals surface area contributed by atoms with Crippen molar-refractivity contribution in [3.63, 3.8) is 0 Å². The van der Waals surface area contributed by atoms with Gasteiger partial charge < -0.3 is 14.8 Å². The van der Waals surface area contributed by atoms with E-state index in [4.69, 9.17) is 9.47 Å². The summed E-state index contributed by atoms with van der Waals surface area (Å²) in [5.41, 5.74) is 1.76. The Labute approximate surface area is 227 Å². The topological polar surface area (TPSA) is 129 Å². The summed E-state index contributed by atoms with van der Waals surface area (Å²) in [4.78, 5) is 33.5. The Morgan fingerprint density at radius 3 is 2.38 bits per heavy atom. The lowest BCUT2D eigenvalue weighted by molar-refractivity contribution is 0.0506. The molecule has 0 aliphatic heterocycles. The minimum atomic E-state index is -3.88. The number of hydrogen-bond acceptors (Lipinski definition) is 8.